The Morgan fingerprint density at radius 2 is 1.55 bits per heavy atom. The molecule has 10 heteroatoms. The van der Waals surface area contributed by atoms with Crippen LogP contribution in [0.1, 0.15) is 44.3 Å². The number of benzene rings is 3. The van der Waals surface area contributed by atoms with Crippen molar-refractivity contribution in [3.05, 3.63) is 111 Å². The molecule has 226 valence electrons. The molecular formula is C34H33ClN4O5. The molecule has 3 aromatic carbocycles. The van der Waals surface area contributed by atoms with E-state index in [9.17, 15) is 14.4 Å². The van der Waals surface area contributed by atoms with Gasteiger partial charge in [-0.2, -0.15) is 0 Å². The van der Waals surface area contributed by atoms with E-state index in [-0.39, 0.29) is 29.2 Å². The van der Waals surface area contributed by atoms with Gasteiger partial charge in [-0.1, -0.05) is 23.7 Å². The predicted octanol–water partition coefficient (Wildman–Crippen LogP) is 5.96. The molecule has 2 bridgehead atoms. The van der Waals surface area contributed by atoms with E-state index in [4.69, 9.17) is 21.1 Å². The Balaban J connectivity index is 1.35. The van der Waals surface area contributed by atoms with Gasteiger partial charge < -0.3 is 29.6 Å². The molecule has 0 saturated carbocycles. The molecule has 0 aliphatic carbocycles. The van der Waals surface area contributed by atoms with Gasteiger partial charge in [-0.25, -0.2) is 0 Å². The second kappa shape index (κ2) is 12.1. The number of methoxy groups -OCH3 is 2. The highest BCUT2D eigenvalue weighted by Crippen LogP contribution is 2.39. The van der Waals surface area contributed by atoms with E-state index in [2.05, 4.69) is 15.5 Å². The molecule has 4 aromatic rings. The van der Waals surface area contributed by atoms with Crippen LogP contribution in [0.2, 0.25) is 5.02 Å². The van der Waals surface area contributed by atoms with Crippen molar-refractivity contribution in [1.29, 1.82) is 0 Å². The molecule has 2 amide bonds. The van der Waals surface area contributed by atoms with Crippen LogP contribution in [-0.4, -0.2) is 43.7 Å². The smallest absolute Gasteiger partial charge is 0.255 e. The zero-order valence-corrected chi connectivity index (χ0v) is 25.5. The number of hydrogen-bond donors (Lipinski definition) is 2. The molecule has 2 unspecified atom stereocenters. The summed E-state index contributed by atoms with van der Waals surface area (Å²) < 4.78 is 12.6. The van der Waals surface area contributed by atoms with Crippen LogP contribution in [0.25, 0.3) is 0 Å². The number of aryl methyl sites for hydroxylation is 1. The first kappa shape index (κ1) is 29.3. The van der Waals surface area contributed by atoms with Gasteiger partial charge in [-0.15, -0.1) is 0 Å². The number of rotatable bonds is 7. The predicted molar refractivity (Wildman–Crippen MR) is 172 cm³/mol. The largest absolute Gasteiger partial charge is 0.497 e. The van der Waals surface area contributed by atoms with E-state index in [1.54, 1.807) is 48.5 Å². The van der Waals surface area contributed by atoms with Crippen molar-refractivity contribution in [3.63, 3.8) is 0 Å². The number of pyridine rings is 1. The second-order valence-electron chi connectivity index (χ2n) is 11.3. The standard InChI is InChI=1S/C34H33ClN4O5/c1-20-7-9-25(35)15-28(20)36-33(41)22-8-10-31(29(14-22)37-34(42)23-12-26(43-2)16-27(13-23)44-3)38-17-21-11-24(19-38)30-5-4-6-32(40)39(30)18-21/h4-10,12-16,21,24H,11,17-19H2,1-3H3,(H,36,41)(H,37,42). The van der Waals surface area contributed by atoms with Crippen molar-refractivity contribution in [1.82, 2.24) is 4.57 Å². The number of ether oxygens (including phenoxy) is 2. The summed E-state index contributed by atoms with van der Waals surface area (Å²) >= 11 is 6.18. The highest BCUT2D eigenvalue weighted by atomic mass is 35.5. The van der Waals surface area contributed by atoms with Crippen LogP contribution in [0.5, 0.6) is 11.5 Å². The Morgan fingerprint density at radius 1 is 0.818 bits per heavy atom. The molecular weight excluding hydrogens is 580 g/mol. The van der Waals surface area contributed by atoms with E-state index >= 15 is 0 Å². The zero-order chi connectivity index (χ0) is 31.0. The van der Waals surface area contributed by atoms with E-state index in [1.165, 1.54) is 14.2 Å². The van der Waals surface area contributed by atoms with Gasteiger partial charge in [-0.05, 0) is 73.4 Å². The lowest BCUT2D eigenvalue weighted by Crippen LogP contribution is -2.47. The Morgan fingerprint density at radius 3 is 2.30 bits per heavy atom. The van der Waals surface area contributed by atoms with Crippen LogP contribution in [0, 0.1) is 12.8 Å². The van der Waals surface area contributed by atoms with Gasteiger partial charge in [0.1, 0.15) is 11.5 Å². The summed E-state index contributed by atoms with van der Waals surface area (Å²) in [4.78, 5) is 41.9. The van der Waals surface area contributed by atoms with Gasteiger partial charge in [0.25, 0.3) is 17.4 Å². The lowest BCUT2D eigenvalue weighted by atomic mass is 9.83. The summed E-state index contributed by atoms with van der Waals surface area (Å²) in [6.07, 6.45) is 0.991. The van der Waals surface area contributed by atoms with E-state index in [1.807, 2.05) is 35.8 Å². The Hall–Kier alpha value is -4.76. The number of aromatic nitrogens is 1. The molecule has 3 heterocycles. The van der Waals surface area contributed by atoms with Crippen LogP contribution in [0.4, 0.5) is 17.1 Å². The number of hydrogen-bond acceptors (Lipinski definition) is 6. The first-order valence-corrected chi connectivity index (χ1v) is 14.8. The van der Waals surface area contributed by atoms with Crippen molar-refractivity contribution in [2.24, 2.45) is 5.92 Å². The topological polar surface area (TPSA) is 102 Å². The summed E-state index contributed by atoms with van der Waals surface area (Å²) in [5.74, 6) is 0.692. The van der Waals surface area contributed by atoms with Crippen LogP contribution in [0.15, 0.2) is 77.6 Å². The van der Waals surface area contributed by atoms with E-state index in [0.717, 1.165) is 23.4 Å². The van der Waals surface area contributed by atoms with Gasteiger partial charge >= 0.3 is 0 Å². The fourth-order valence-corrected chi connectivity index (χ4v) is 6.37. The van der Waals surface area contributed by atoms with Crippen molar-refractivity contribution in [3.8, 4) is 11.5 Å². The minimum atomic E-state index is -0.374. The van der Waals surface area contributed by atoms with Crippen LogP contribution in [-0.2, 0) is 6.54 Å². The molecule has 2 aliphatic heterocycles. The molecule has 1 saturated heterocycles. The number of piperidine rings is 1. The van der Waals surface area contributed by atoms with Crippen molar-refractivity contribution in [2.75, 3.05) is 42.8 Å². The summed E-state index contributed by atoms with van der Waals surface area (Å²) in [6.45, 7) is 3.92. The van der Waals surface area contributed by atoms with Crippen LogP contribution >= 0.6 is 11.6 Å². The molecule has 1 aromatic heterocycles. The first-order chi connectivity index (χ1) is 21.2. The van der Waals surface area contributed by atoms with Crippen molar-refractivity contribution >= 4 is 40.5 Å². The highest BCUT2D eigenvalue weighted by molar-refractivity contribution is 6.31. The lowest BCUT2D eigenvalue weighted by molar-refractivity contribution is 0.101. The maximum Gasteiger partial charge on any atom is 0.255 e. The number of halogens is 1. The Bertz CT molecular complexity index is 1800. The molecule has 1 fully saturated rings. The van der Waals surface area contributed by atoms with Gasteiger partial charge in [0.05, 0.1) is 25.6 Å². The Kier molecular flexibility index (Phi) is 8.05. The molecule has 2 aliphatic rings. The zero-order valence-electron chi connectivity index (χ0n) is 24.7. The number of amides is 2. The minimum absolute atomic E-state index is 0.0256. The number of carbonyl (C=O) groups excluding carboxylic acids is 2. The number of nitrogens with zero attached hydrogens (tertiary/aromatic N) is 2. The third-order valence-electron chi connectivity index (χ3n) is 8.39. The molecule has 2 N–H and O–H groups in total. The Labute approximate surface area is 260 Å². The summed E-state index contributed by atoms with van der Waals surface area (Å²) in [7, 11) is 3.05. The van der Waals surface area contributed by atoms with Gasteiger partial charge in [0.2, 0.25) is 0 Å². The lowest BCUT2D eigenvalue weighted by Gasteiger charge is -2.44. The highest BCUT2D eigenvalue weighted by Gasteiger charge is 2.35. The first-order valence-electron chi connectivity index (χ1n) is 14.4. The molecule has 0 radical (unpaired) electrons. The number of carbonyl (C=O) groups is 2. The summed E-state index contributed by atoms with van der Waals surface area (Å²) in [5, 5.41) is 6.51. The molecule has 6 rings (SSSR count). The quantitative estimate of drug-likeness (QED) is 0.267. The van der Waals surface area contributed by atoms with Crippen LogP contribution in [0.3, 0.4) is 0 Å². The number of fused-ring (bicyclic) bond motifs is 4. The SMILES string of the molecule is COc1cc(OC)cc(C(=O)Nc2cc(C(=O)Nc3cc(Cl)ccc3C)ccc2N2CC3CC(C2)c2cccc(=O)n2C3)c1. The van der Waals surface area contributed by atoms with Gasteiger partial charge in [0.15, 0.2) is 0 Å². The monoisotopic (exact) mass is 612 g/mol. The maximum atomic E-state index is 13.6. The van der Waals surface area contributed by atoms with Crippen molar-refractivity contribution in [2.45, 2.75) is 25.8 Å². The van der Waals surface area contributed by atoms with Crippen LogP contribution < -0.4 is 30.6 Å². The summed E-state index contributed by atoms with van der Waals surface area (Å²) in [5.41, 5.74) is 4.56. The second-order valence-corrected chi connectivity index (χ2v) is 11.7. The third kappa shape index (κ3) is 5.88. The fraction of sp³-hybridized carbons (Fsp3) is 0.265. The number of nitrogens with one attached hydrogen (secondary N) is 2. The van der Waals surface area contributed by atoms with Gasteiger partial charge in [0, 0.05) is 65.2 Å². The molecule has 9 nitrogen and oxygen atoms in total. The average Bonchev–Trinajstić information content (AvgIpc) is 3.02. The number of anilines is 3. The minimum Gasteiger partial charge on any atom is -0.497 e. The fourth-order valence-electron chi connectivity index (χ4n) is 6.20. The molecule has 44 heavy (non-hydrogen) atoms. The third-order valence-corrected chi connectivity index (χ3v) is 8.62. The van der Waals surface area contributed by atoms with E-state index in [0.29, 0.717) is 58.7 Å². The normalized spacial score (nSPS) is 17.0. The molecule has 0 spiro atoms. The summed E-state index contributed by atoms with van der Waals surface area (Å²) in [6, 6.07) is 21.1. The maximum absolute atomic E-state index is 13.6. The van der Waals surface area contributed by atoms with Crippen molar-refractivity contribution < 1.29 is 19.1 Å². The van der Waals surface area contributed by atoms with Gasteiger partial charge in [-0.3, -0.25) is 14.4 Å². The van der Waals surface area contributed by atoms with E-state index < -0.39 is 0 Å². The average molecular weight is 613 g/mol. The molecule has 2 atom stereocenters.